The third-order valence-corrected chi connectivity index (χ3v) is 3.06. The molecule has 0 bridgehead atoms. The fourth-order valence-electron chi connectivity index (χ4n) is 2.07. The first-order chi connectivity index (χ1) is 9.76. The van der Waals surface area contributed by atoms with Gasteiger partial charge in [-0.1, -0.05) is 24.3 Å². The first-order valence-corrected chi connectivity index (χ1v) is 6.23. The monoisotopic (exact) mass is 260 g/mol. The van der Waals surface area contributed by atoms with Gasteiger partial charge in [0.2, 0.25) is 5.69 Å². The molecule has 0 saturated heterocycles. The second-order valence-electron chi connectivity index (χ2n) is 4.48. The Kier molecular flexibility index (Phi) is 3.02. The third-order valence-electron chi connectivity index (χ3n) is 3.06. The van der Waals surface area contributed by atoms with Gasteiger partial charge in [0, 0.05) is 11.6 Å². The molecule has 96 valence electrons. The van der Waals surface area contributed by atoms with E-state index in [0.29, 0.717) is 11.5 Å². The van der Waals surface area contributed by atoms with Gasteiger partial charge in [-0.05, 0) is 30.7 Å². The number of para-hydroxylation sites is 1. The van der Waals surface area contributed by atoms with Crippen molar-refractivity contribution < 1.29 is 0 Å². The number of fused-ring (bicyclic) bond motifs is 1. The lowest BCUT2D eigenvalue weighted by atomic mass is 10.1. The Hall–Kier alpha value is -2.93. The van der Waals surface area contributed by atoms with E-state index in [1.165, 1.54) is 0 Å². The highest BCUT2D eigenvalue weighted by Crippen LogP contribution is 2.22. The predicted molar refractivity (Wildman–Crippen MR) is 80.3 cm³/mol. The van der Waals surface area contributed by atoms with Gasteiger partial charge in [-0.15, -0.1) is 0 Å². The van der Waals surface area contributed by atoms with Crippen LogP contribution >= 0.6 is 0 Å². The highest BCUT2D eigenvalue weighted by atomic mass is 15.1. The van der Waals surface area contributed by atoms with E-state index in [9.17, 15) is 0 Å². The summed E-state index contributed by atoms with van der Waals surface area (Å²) in [7, 11) is 0. The molecule has 0 spiro atoms. The van der Waals surface area contributed by atoms with Crippen molar-refractivity contribution in [2.24, 2.45) is 0 Å². The average Bonchev–Trinajstić information content (AvgIpc) is 2.48. The van der Waals surface area contributed by atoms with Crippen molar-refractivity contribution in [2.75, 3.05) is 5.32 Å². The molecule has 2 heterocycles. The van der Waals surface area contributed by atoms with Crippen molar-refractivity contribution in [3.8, 4) is 0 Å². The molecule has 4 nitrogen and oxygen atoms in total. The first kappa shape index (κ1) is 12.1. The smallest absolute Gasteiger partial charge is 0.205 e. The van der Waals surface area contributed by atoms with E-state index in [4.69, 9.17) is 6.57 Å². The number of nitrogens with one attached hydrogen (secondary N) is 1. The van der Waals surface area contributed by atoms with Crippen LogP contribution in [0.2, 0.25) is 0 Å². The molecule has 0 aliphatic rings. The number of aromatic nitrogens is 2. The molecule has 2 aromatic heterocycles. The molecule has 0 fully saturated rings. The standard InChI is InChI=1S/C16H12N4/c1-11-9-16(19-14-6-4-3-5-13(11)14)20-15-8-7-12(17-2)10-18-15/h3-10H,1H3,(H,18,19,20). The summed E-state index contributed by atoms with van der Waals surface area (Å²) in [6.07, 6.45) is 1.54. The zero-order chi connectivity index (χ0) is 13.9. The van der Waals surface area contributed by atoms with E-state index in [-0.39, 0.29) is 0 Å². The molecule has 0 aliphatic heterocycles. The van der Waals surface area contributed by atoms with Gasteiger partial charge in [0.1, 0.15) is 11.6 Å². The van der Waals surface area contributed by atoms with Crippen LogP contribution in [0.3, 0.4) is 0 Å². The summed E-state index contributed by atoms with van der Waals surface area (Å²) in [4.78, 5) is 12.1. The molecule has 3 rings (SSSR count). The van der Waals surface area contributed by atoms with Crippen molar-refractivity contribution in [1.82, 2.24) is 9.97 Å². The number of nitrogens with zero attached hydrogens (tertiary/aromatic N) is 3. The molecule has 1 N–H and O–H groups in total. The Labute approximate surface area is 116 Å². The van der Waals surface area contributed by atoms with Crippen molar-refractivity contribution in [1.29, 1.82) is 0 Å². The lowest BCUT2D eigenvalue weighted by Gasteiger charge is -2.08. The largest absolute Gasteiger partial charge is 0.325 e. The Morgan fingerprint density at radius 3 is 2.70 bits per heavy atom. The van der Waals surface area contributed by atoms with Gasteiger partial charge >= 0.3 is 0 Å². The normalized spacial score (nSPS) is 10.2. The third kappa shape index (κ3) is 2.29. The molecule has 3 aromatic rings. The van der Waals surface area contributed by atoms with Crippen molar-refractivity contribution in [2.45, 2.75) is 6.92 Å². The summed E-state index contributed by atoms with van der Waals surface area (Å²) in [5, 5.41) is 4.31. The van der Waals surface area contributed by atoms with Crippen molar-refractivity contribution >= 4 is 28.2 Å². The lowest BCUT2D eigenvalue weighted by Crippen LogP contribution is -1.96. The fraction of sp³-hybridized carbons (Fsp3) is 0.0625. The van der Waals surface area contributed by atoms with Gasteiger partial charge in [-0.25, -0.2) is 9.83 Å². The number of hydrogen-bond donors (Lipinski definition) is 1. The van der Waals surface area contributed by atoms with Gasteiger partial charge in [-0.2, -0.15) is 0 Å². The van der Waals surface area contributed by atoms with Crippen LogP contribution in [0.5, 0.6) is 0 Å². The molecule has 0 saturated carbocycles. The molecule has 0 unspecified atom stereocenters. The number of pyridine rings is 2. The summed E-state index contributed by atoms with van der Waals surface area (Å²) in [6, 6.07) is 13.5. The minimum atomic E-state index is 0.526. The molecular formula is C16H12N4. The van der Waals surface area contributed by atoms with Crippen LogP contribution in [-0.4, -0.2) is 9.97 Å². The minimum absolute atomic E-state index is 0.526. The molecule has 20 heavy (non-hydrogen) atoms. The second-order valence-corrected chi connectivity index (χ2v) is 4.48. The van der Waals surface area contributed by atoms with Crippen LogP contribution in [-0.2, 0) is 0 Å². The highest BCUT2D eigenvalue weighted by Gasteiger charge is 2.03. The van der Waals surface area contributed by atoms with Crippen LogP contribution in [0.15, 0.2) is 48.7 Å². The van der Waals surface area contributed by atoms with E-state index in [1.807, 2.05) is 24.3 Å². The molecule has 0 aliphatic carbocycles. The molecule has 0 radical (unpaired) electrons. The first-order valence-electron chi connectivity index (χ1n) is 6.23. The zero-order valence-corrected chi connectivity index (χ0v) is 11.0. The van der Waals surface area contributed by atoms with Gasteiger partial charge in [0.05, 0.1) is 12.1 Å². The molecular weight excluding hydrogens is 248 g/mol. The Morgan fingerprint density at radius 1 is 1.10 bits per heavy atom. The van der Waals surface area contributed by atoms with Crippen molar-refractivity contribution in [3.63, 3.8) is 0 Å². The Bertz CT molecular complexity index is 801. The molecule has 0 amide bonds. The summed E-state index contributed by atoms with van der Waals surface area (Å²) in [5.74, 6) is 1.43. The molecule has 1 aromatic carbocycles. The van der Waals surface area contributed by atoms with E-state index in [0.717, 1.165) is 22.3 Å². The maximum absolute atomic E-state index is 6.91. The fourth-order valence-corrected chi connectivity index (χ4v) is 2.07. The Balaban J connectivity index is 1.96. The van der Waals surface area contributed by atoms with E-state index < -0.39 is 0 Å². The minimum Gasteiger partial charge on any atom is -0.325 e. The zero-order valence-electron chi connectivity index (χ0n) is 11.0. The van der Waals surface area contributed by atoms with Crippen LogP contribution in [0.4, 0.5) is 17.3 Å². The van der Waals surface area contributed by atoms with Crippen LogP contribution in [0.25, 0.3) is 15.7 Å². The van der Waals surface area contributed by atoms with Gasteiger partial charge in [0.15, 0.2) is 0 Å². The summed E-state index contributed by atoms with van der Waals surface area (Å²) < 4.78 is 0. The number of rotatable bonds is 2. The Morgan fingerprint density at radius 2 is 1.95 bits per heavy atom. The highest BCUT2D eigenvalue weighted by molar-refractivity contribution is 5.84. The number of hydrogen-bond acceptors (Lipinski definition) is 3. The van der Waals surface area contributed by atoms with E-state index >= 15 is 0 Å². The number of benzene rings is 1. The summed E-state index contributed by atoms with van der Waals surface area (Å²) >= 11 is 0. The van der Waals surface area contributed by atoms with Crippen LogP contribution < -0.4 is 5.32 Å². The maximum atomic E-state index is 6.91. The van der Waals surface area contributed by atoms with E-state index in [2.05, 4.69) is 33.1 Å². The van der Waals surface area contributed by atoms with Crippen LogP contribution in [0, 0.1) is 13.5 Å². The van der Waals surface area contributed by atoms with Crippen LogP contribution in [0.1, 0.15) is 5.56 Å². The topological polar surface area (TPSA) is 42.2 Å². The average molecular weight is 260 g/mol. The quantitative estimate of drug-likeness (QED) is 0.701. The molecule has 0 atom stereocenters. The van der Waals surface area contributed by atoms with Crippen molar-refractivity contribution in [3.05, 3.63) is 65.6 Å². The SMILES string of the molecule is [C-]#[N+]c1ccc(Nc2cc(C)c3ccccc3n2)nc1. The van der Waals surface area contributed by atoms with Gasteiger partial charge in [-0.3, -0.25) is 4.98 Å². The molecule has 4 heteroatoms. The van der Waals surface area contributed by atoms with Gasteiger partial charge < -0.3 is 5.32 Å². The van der Waals surface area contributed by atoms with E-state index in [1.54, 1.807) is 18.3 Å². The maximum Gasteiger partial charge on any atom is 0.205 e. The lowest BCUT2D eigenvalue weighted by molar-refractivity contribution is 1.27. The number of anilines is 2. The predicted octanol–water partition coefficient (Wildman–Crippen LogP) is 4.23. The number of aryl methyl sites for hydroxylation is 1. The summed E-state index contributed by atoms with van der Waals surface area (Å²) in [5.41, 5.74) is 2.64. The van der Waals surface area contributed by atoms with Gasteiger partial charge in [0.25, 0.3) is 0 Å². The summed E-state index contributed by atoms with van der Waals surface area (Å²) in [6.45, 7) is 8.97. The second kappa shape index (κ2) is 4.98.